The van der Waals surface area contributed by atoms with Crippen LogP contribution in [0.5, 0.6) is 5.75 Å². The molecule has 0 saturated heterocycles. The van der Waals surface area contributed by atoms with Gasteiger partial charge in [-0.05, 0) is 56.2 Å². The number of aromatic hydroxyl groups is 1. The Bertz CT molecular complexity index is 1480. The van der Waals surface area contributed by atoms with Crippen LogP contribution in [-0.4, -0.2) is 16.0 Å². The van der Waals surface area contributed by atoms with E-state index in [0.29, 0.717) is 28.3 Å². The van der Waals surface area contributed by atoms with Gasteiger partial charge in [0.1, 0.15) is 16.8 Å². The smallest absolute Gasteiger partial charge is 0.291 e. The first kappa shape index (κ1) is 18.9. The van der Waals surface area contributed by atoms with E-state index in [1.54, 1.807) is 12.1 Å². The molecule has 3 aromatic carbocycles. The van der Waals surface area contributed by atoms with Gasteiger partial charge in [0.15, 0.2) is 11.3 Å². The lowest BCUT2D eigenvalue weighted by Crippen LogP contribution is -2.12. The van der Waals surface area contributed by atoms with Gasteiger partial charge in [-0.2, -0.15) is 0 Å². The number of phenols is 1. The fourth-order valence-corrected chi connectivity index (χ4v) is 3.86. The molecule has 0 bridgehead atoms. The summed E-state index contributed by atoms with van der Waals surface area (Å²) in [6.45, 7) is 5.81. The minimum absolute atomic E-state index is 0.0416. The minimum atomic E-state index is -0.381. The van der Waals surface area contributed by atoms with E-state index in [2.05, 4.69) is 10.3 Å². The molecule has 0 fully saturated rings. The number of rotatable bonds is 3. The number of carbonyl (C=O) groups excluding carboxylic acids is 1. The maximum absolute atomic E-state index is 12.7. The van der Waals surface area contributed by atoms with Crippen molar-refractivity contribution in [1.29, 1.82) is 0 Å². The van der Waals surface area contributed by atoms with E-state index in [1.165, 1.54) is 6.07 Å². The first-order chi connectivity index (χ1) is 14.9. The van der Waals surface area contributed by atoms with Gasteiger partial charge in [-0.15, -0.1) is 0 Å². The monoisotopic (exact) mass is 412 g/mol. The van der Waals surface area contributed by atoms with Crippen LogP contribution in [0.2, 0.25) is 0 Å². The van der Waals surface area contributed by atoms with Crippen LogP contribution >= 0.6 is 0 Å². The molecule has 0 unspecified atom stereocenters. The predicted molar refractivity (Wildman–Crippen MR) is 119 cm³/mol. The predicted octanol–water partition coefficient (Wildman–Crippen LogP) is 6.12. The molecule has 0 aliphatic heterocycles. The molecule has 0 spiro atoms. The van der Waals surface area contributed by atoms with E-state index in [9.17, 15) is 9.90 Å². The Balaban J connectivity index is 1.45. The zero-order valence-electron chi connectivity index (χ0n) is 17.3. The van der Waals surface area contributed by atoms with Crippen molar-refractivity contribution in [2.24, 2.45) is 0 Å². The molecule has 2 N–H and O–H groups in total. The maximum Gasteiger partial charge on any atom is 0.291 e. The summed E-state index contributed by atoms with van der Waals surface area (Å²) in [6.07, 6.45) is 0. The summed E-state index contributed by atoms with van der Waals surface area (Å²) in [4.78, 5) is 17.3. The first-order valence-electron chi connectivity index (χ1n) is 9.91. The van der Waals surface area contributed by atoms with Crippen molar-refractivity contribution >= 4 is 33.7 Å². The molecule has 1 amide bonds. The lowest BCUT2D eigenvalue weighted by atomic mass is 10.1. The Hall–Kier alpha value is -4.06. The summed E-state index contributed by atoms with van der Waals surface area (Å²) >= 11 is 0. The van der Waals surface area contributed by atoms with Crippen LogP contribution in [0.1, 0.15) is 27.2 Å². The summed E-state index contributed by atoms with van der Waals surface area (Å²) in [7, 11) is 0. The van der Waals surface area contributed by atoms with Crippen LogP contribution in [0.4, 0.5) is 5.69 Å². The normalized spacial score (nSPS) is 11.3. The molecule has 0 aliphatic carbocycles. The third-order valence-corrected chi connectivity index (χ3v) is 5.36. The molecule has 6 heteroatoms. The number of benzene rings is 3. The third kappa shape index (κ3) is 3.22. The third-order valence-electron chi connectivity index (χ3n) is 5.36. The quantitative estimate of drug-likeness (QED) is 0.372. The number of nitrogens with zero attached hydrogens (tertiary/aromatic N) is 1. The number of amides is 1. The molecule has 0 aliphatic rings. The number of phenolic OH excluding ortho intramolecular Hbond substituents is 1. The topological polar surface area (TPSA) is 88.5 Å². The molecule has 2 aromatic heterocycles. The summed E-state index contributed by atoms with van der Waals surface area (Å²) in [5.41, 5.74) is 5.82. The number of oxazole rings is 1. The van der Waals surface area contributed by atoms with E-state index in [0.717, 1.165) is 27.6 Å². The number of carbonyl (C=O) groups is 1. The van der Waals surface area contributed by atoms with Crippen molar-refractivity contribution < 1.29 is 18.7 Å². The van der Waals surface area contributed by atoms with Gasteiger partial charge in [0.2, 0.25) is 5.89 Å². The second-order valence-corrected chi connectivity index (χ2v) is 7.69. The highest BCUT2D eigenvalue weighted by atomic mass is 16.4. The Kier molecular flexibility index (Phi) is 4.29. The Labute approximate surface area is 178 Å². The number of hydrogen-bond donors (Lipinski definition) is 2. The zero-order chi connectivity index (χ0) is 21.7. The zero-order valence-corrected chi connectivity index (χ0v) is 17.3. The van der Waals surface area contributed by atoms with Crippen molar-refractivity contribution in [3.63, 3.8) is 0 Å². The Morgan fingerprint density at radius 3 is 2.58 bits per heavy atom. The van der Waals surface area contributed by atoms with Crippen LogP contribution in [0.25, 0.3) is 33.5 Å². The van der Waals surface area contributed by atoms with Crippen molar-refractivity contribution in [3.8, 4) is 17.2 Å². The SMILES string of the molecule is Cc1cc(C)c2oc(-c3ccc(NC(=O)c4oc5ccccc5c4C)cc3O)nc2c1. The van der Waals surface area contributed by atoms with E-state index in [4.69, 9.17) is 8.83 Å². The summed E-state index contributed by atoms with van der Waals surface area (Å²) in [6, 6.07) is 16.3. The van der Waals surface area contributed by atoms with Crippen molar-refractivity contribution in [2.45, 2.75) is 20.8 Å². The number of aryl methyl sites for hydroxylation is 3. The summed E-state index contributed by atoms with van der Waals surface area (Å²) < 4.78 is 11.6. The largest absolute Gasteiger partial charge is 0.507 e. The summed E-state index contributed by atoms with van der Waals surface area (Å²) in [5.74, 6) is 0.149. The maximum atomic E-state index is 12.7. The molecule has 154 valence electrons. The first-order valence-corrected chi connectivity index (χ1v) is 9.91. The van der Waals surface area contributed by atoms with Crippen LogP contribution in [0, 0.1) is 20.8 Å². The van der Waals surface area contributed by atoms with Crippen molar-refractivity contribution in [1.82, 2.24) is 4.98 Å². The number of nitrogens with one attached hydrogen (secondary N) is 1. The number of furan rings is 1. The molecule has 2 heterocycles. The van der Waals surface area contributed by atoms with Crippen molar-refractivity contribution in [3.05, 3.63) is 77.0 Å². The van der Waals surface area contributed by atoms with Gasteiger partial charge >= 0.3 is 0 Å². The molecule has 5 rings (SSSR count). The molecule has 0 saturated carbocycles. The minimum Gasteiger partial charge on any atom is -0.507 e. The number of aromatic nitrogens is 1. The molecule has 0 atom stereocenters. The van der Waals surface area contributed by atoms with Crippen LogP contribution in [0.3, 0.4) is 0 Å². The highest BCUT2D eigenvalue weighted by Gasteiger charge is 2.19. The second-order valence-electron chi connectivity index (χ2n) is 7.69. The van der Waals surface area contributed by atoms with Gasteiger partial charge in [0.05, 0.1) is 5.56 Å². The molecule has 0 radical (unpaired) electrons. The van der Waals surface area contributed by atoms with Crippen LogP contribution in [-0.2, 0) is 0 Å². The number of fused-ring (bicyclic) bond motifs is 2. The lowest BCUT2D eigenvalue weighted by molar-refractivity contribution is 0.0998. The van der Waals surface area contributed by atoms with E-state index in [1.807, 2.05) is 57.2 Å². The lowest BCUT2D eigenvalue weighted by Gasteiger charge is -2.06. The van der Waals surface area contributed by atoms with Crippen LogP contribution in [0.15, 0.2) is 63.4 Å². The van der Waals surface area contributed by atoms with E-state index < -0.39 is 0 Å². The fourth-order valence-electron chi connectivity index (χ4n) is 3.86. The molecular weight excluding hydrogens is 392 g/mol. The molecule has 6 nitrogen and oxygen atoms in total. The average molecular weight is 412 g/mol. The summed E-state index contributed by atoms with van der Waals surface area (Å²) in [5, 5.41) is 14.2. The van der Waals surface area contributed by atoms with Gasteiger partial charge in [-0.3, -0.25) is 4.79 Å². The standard InChI is InChI=1S/C25H20N2O4/c1-13-10-14(2)22-19(11-13)27-25(31-22)18-9-8-16(12-20(18)28)26-24(29)23-15(3)17-6-4-5-7-21(17)30-23/h4-12,28H,1-3H3,(H,26,29). The van der Waals surface area contributed by atoms with Gasteiger partial charge in [0, 0.05) is 22.7 Å². The number of para-hydroxylation sites is 1. The molecular formula is C25H20N2O4. The number of hydrogen-bond acceptors (Lipinski definition) is 5. The van der Waals surface area contributed by atoms with Gasteiger partial charge in [0.25, 0.3) is 5.91 Å². The number of anilines is 1. The van der Waals surface area contributed by atoms with Gasteiger partial charge < -0.3 is 19.3 Å². The fraction of sp³-hybridized carbons (Fsp3) is 0.120. The van der Waals surface area contributed by atoms with E-state index in [-0.39, 0.29) is 17.4 Å². The Morgan fingerprint density at radius 2 is 1.81 bits per heavy atom. The highest BCUT2D eigenvalue weighted by molar-refractivity contribution is 6.06. The highest BCUT2D eigenvalue weighted by Crippen LogP contribution is 2.34. The van der Waals surface area contributed by atoms with Crippen molar-refractivity contribution in [2.75, 3.05) is 5.32 Å². The molecule has 31 heavy (non-hydrogen) atoms. The average Bonchev–Trinajstić information content (AvgIpc) is 3.30. The molecule has 5 aromatic rings. The Morgan fingerprint density at radius 1 is 1.00 bits per heavy atom. The van der Waals surface area contributed by atoms with E-state index >= 15 is 0 Å². The van der Waals surface area contributed by atoms with Gasteiger partial charge in [-0.25, -0.2) is 4.98 Å². The van der Waals surface area contributed by atoms with Gasteiger partial charge in [-0.1, -0.05) is 24.3 Å². The van der Waals surface area contributed by atoms with Crippen LogP contribution < -0.4 is 5.32 Å². The second kappa shape index (κ2) is 7.02.